The molecule has 3 N–H and O–H groups in total. The molecule has 0 amide bonds. The SMILES string of the molecule is C=C(CC(C)CC)NCc1ccccc1CCC.CN. The first-order valence-corrected chi connectivity index (χ1v) is 7.73. The molecule has 1 rings (SSSR count). The molecule has 0 fully saturated rings. The summed E-state index contributed by atoms with van der Waals surface area (Å²) in [4.78, 5) is 0. The summed E-state index contributed by atoms with van der Waals surface area (Å²) in [5.41, 5.74) is 8.53. The summed E-state index contributed by atoms with van der Waals surface area (Å²) in [6.45, 7) is 11.8. The Morgan fingerprint density at radius 3 is 2.35 bits per heavy atom. The molecule has 1 unspecified atom stereocenters. The Balaban J connectivity index is 0.00000172. The van der Waals surface area contributed by atoms with Crippen molar-refractivity contribution in [2.75, 3.05) is 7.05 Å². The average Bonchev–Trinajstić information content (AvgIpc) is 2.48. The standard InChI is InChI=1S/C17H27N.CH5N/c1-5-9-16-10-7-8-11-17(16)13-18-15(4)12-14(3)6-2;1-2/h7-8,10-11,14,18H,4-6,9,12-13H2,1-3H3;2H2,1H3. The maximum absolute atomic E-state index is 4.50. The Hall–Kier alpha value is -1.28. The predicted molar refractivity (Wildman–Crippen MR) is 90.6 cm³/mol. The van der Waals surface area contributed by atoms with E-state index in [2.05, 4.69) is 62.7 Å². The van der Waals surface area contributed by atoms with E-state index in [4.69, 9.17) is 0 Å². The van der Waals surface area contributed by atoms with Crippen LogP contribution in [0.2, 0.25) is 0 Å². The number of hydrogen-bond acceptors (Lipinski definition) is 2. The summed E-state index contributed by atoms with van der Waals surface area (Å²) >= 11 is 0. The first kappa shape index (κ1) is 18.7. The zero-order valence-corrected chi connectivity index (χ0v) is 13.7. The van der Waals surface area contributed by atoms with Crippen LogP contribution in [0, 0.1) is 5.92 Å². The molecule has 20 heavy (non-hydrogen) atoms. The van der Waals surface area contributed by atoms with E-state index in [9.17, 15) is 0 Å². The van der Waals surface area contributed by atoms with Crippen LogP contribution in [-0.2, 0) is 13.0 Å². The van der Waals surface area contributed by atoms with E-state index in [0.717, 1.165) is 31.0 Å². The molecule has 1 aromatic rings. The number of nitrogens with two attached hydrogens (primary N) is 1. The fourth-order valence-corrected chi connectivity index (χ4v) is 2.10. The molecule has 0 aliphatic rings. The molecule has 1 aromatic carbocycles. The molecular weight excluding hydrogens is 244 g/mol. The van der Waals surface area contributed by atoms with Gasteiger partial charge in [-0.15, -0.1) is 0 Å². The molecule has 0 spiro atoms. The van der Waals surface area contributed by atoms with E-state index < -0.39 is 0 Å². The fraction of sp³-hybridized carbons (Fsp3) is 0.556. The minimum Gasteiger partial charge on any atom is -0.385 e. The maximum Gasteiger partial charge on any atom is 0.0400 e. The highest BCUT2D eigenvalue weighted by Crippen LogP contribution is 2.14. The molecule has 0 aliphatic heterocycles. The van der Waals surface area contributed by atoms with Crippen LogP contribution in [-0.4, -0.2) is 7.05 Å². The molecule has 0 saturated heterocycles. The van der Waals surface area contributed by atoms with E-state index in [1.807, 2.05) is 0 Å². The van der Waals surface area contributed by atoms with Crippen LogP contribution < -0.4 is 11.1 Å². The molecule has 0 heterocycles. The van der Waals surface area contributed by atoms with Crippen molar-refractivity contribution in [3.05, 3.63) is 47.7 Å². The van der Waals surface area contributed by atoms with Crippen LogP contribution >= 0.6 is 0 Å². The highest BCUT2D eigenvalue weighted by atomic mass is 14.9. The molecule has 114 valence electrons. The lowest BCUT2D eigenvalue weighted by Crippen LogP contribution is -2.15. The molecule has 0 aromatic heterocycles. The molecule has 2 heteroatoms. The summed E-state index contributed by atoms with van der Waals surface area (Å²) in [6, 6.07) is 8.70. The predicted octanol–water partition coefficient (Wildman–Crippen LogP) is 4.25. The second-order valence-corrected chi connectivity index (χ2v) is 5.19. The summed E-state index contributed by atoms with van der Waals surface area (Å²) in [6.07, 6.45) is 4.65. The van der Waals surface area contributed by atoms with E-state index >= 15 is 0 Å². The second-order valence-electron chi connectivity index (χ2n) is 5.19. The summed E-state index contributed by atoms with van der Waals surface area (Å²) in [5, 5.41) is 3.47. The average molecular weight is 276 g/mol. The number of rotatable bonds is 8. The fourth-order valence-electron chi connectivity index (χ4n) is 2.10. The van der Waals surface area contributed by atoms with E-state index in [-0.39, 0.29) is 0 Å². The third kappa shape index (κ3) is 7.34. The van der Waals surface area contributed by atoms with Crippen LogP contribution in [0.1, 0.15) is 51.2 Å². The number of aryl methyl sites for hydroxylation is 1. The summed E-state index contributed by atoms with van der Waals surface area (Å²) in [7, 11) is 1.50. The second kappa shape index (κ2) is 11.5. The molecule has 0 bridgehead atoms. The summed E-state index contributed by atoms with van der Waals surface area (Å²) < 4.78 is 0. The van der Waals surface area contributed by atoms with Crippen LogP contribution in [0.5, 0.6) is 0 Å². The zero-order chi connectivity index (χ0) is 15.4. The molecule has 0 radical (unpaired) electrons. The van der Waals surface area contributed by atoms with Crippen molar-refractivity contribution in [1.82, 2.24) is 5.32 Å². The third-order valence-corrected chi connectivity index (χ3v) is 3.46. The van der Waals surface area contributed by atoms with Crippen molar-refractivity contribution in [2.45, 2.75) is 53.0 Å². The molecule has 2 nitrogen and oxygen atoms in total. The van der Waals surface area contributed by atoms with Gasteiger partial charge in [0.25, 0.3) is 0 Å². The maximum atomic E-state index is 4.50. The van der Waals surface area contributed by atoms with Crippen molar-refractivity contribution in [3.8, 4) is 0 Å². The van der Waals surface area contributed by atoms with E-state index in [0.29, 0.717) is 0 Å². The van der Waals surface area contributed by atoms with Gasteiger partial charge in [0.05, 0.1) is 0 Å². The number of benzene rings is 1. The molecular formula is C18H32N2. The van der Waals surface area contributed by atoms with Gasteiger partial charge in [0.15, 0.2) is 0 Å². The smallest absolute Gasteiger partial charge is 0.0400 e. The van der Waals surface area contributed by atoms with Crippen molar-refractivity contribution in [1.29, 1.82) is 0 Å². The highest BCUT2D eigenvalue weighted by molar-refractivity contribution is 5.27. The quantitative estimate of drug-likeness (QED) is 0.745. The van der Waals surface area contributed by atoms with Crippen molar-refractivity contribution >= 4 is 0 Å². The van der Waals surface area contributed by atoms with Crippen LogP contribution in [0.4, 0.5) is 0 Å². The van der Waals surface area contributed by atoms with Crippen LogP contribution in [0.15, 0.2) is 36.5 Å². The van der Waals surface area contributed by atoms with Gasteiger partial charge < -0.3 is 11.1 Å². The van der Waals surface area contributed by atoms with Gasteiger partial charge in [0.1, 0.15) is 0 Å². The number of nitrogens with one attached hydrogen (secondary N) is 1. The lowest BCUT2D eigenvalue weighted by molar-refractivity contribution is 0.535. The zero-order valence-electron chi connectivity index (χ0n) is 13.7. The van der Waals surface area contributed by atoms with Crippen LogP contribution in [0.3, 0.4) is 0 Å². The summed E-state index contributed by atoms with van der Waals surface area (Å²) in [5.74, 6) is 0.718. The number of allylic oxidation sites excluding steroid dienone is 1. The van der Waals surface area contributed by atoms with Gasteiger partial charge >= 0.3 is 0 Å². The Bertz CT molecular complexity index is 371. The van der Waals surface area contributed by atoms with Gasteiger partial charge in [-0.2, -0.15) is 0 Å². The van der Waals surface area contributed by atoms with Gasteiger partial charge in [-0.3, -0.25) is 0 Å². The van der Waals surface area contributed by atoms with Crippen LogP contribution in [0.25, 0.3) is 0 Å². The highest BCUT2D eigenvalue weighted by Gasteiger charge is 2.04. The van der Waals surface area contributed by atoms with Gasteiger partial charge in [-0.1, -0.05) is 64.5 Å². The lowest BCUT2D eigenvalue weighted by Gasteiger charge is -2.15. The minimum absolute atomic E-state index is 0.718. The normalized spacial score (nSPS) is 11.2. The van der Waals surface area contributed by atoms with Gasteiger partial charge in [0.2, 0.25) is 0 Å². The largest absolute Gasteiger partial charge is 0.385 e. The Labute approximate surface area is 125 Å². The first-order valence-electron chi connectivity index (χ1n) is 7.73. The number of hydrogen-bond donors (Lipinski definition) is 2. The van der Waals surface area contributed by atoms with E-state index in [1.165, 1.54) is 31.0 Å². The van der Waals surface area contributed by atoms with Gasteiger partial charge in [-0.05, 0) is 36.9 Å². The molecule has 0 saturated carbocycles. The monoisotopic (exact) mass is 276 g/mol. The Morgan fingerprint density at radius 2 is 1.80 bits per heavy atom. The van der Waals surface area contributed by atoms with Gasteiger partial charge in [0, 0.05) is 12.2 Å². The topological polar surface area (TPSA) is 38.0 Å². The Kier molecular flexibility index (Phi) is 10.8. The van der Waals surface area contributed by atoms with Crippen molar-refractivity contribution < 1.29 is 0 Å². The van der Waals surface area contributed by atoms with Crippen molar-refractivity contribution in [3.63, 3.8) is 0 Å². The first-order chi connectivity index (χ1) is 9.67. The third-order valence-electron chi connectivity index (χ3n) is 3.46. The van der Waals surface area contributed by atoms with E-state index in [1.54, 1.807) is 0 Å². The lowest BCUT2D eigenvalue weighted by atomic mass is 10.0. The minimum atomic E-state index is 0.718. The van der Waals surface area contributed by atoms with Gasteiger partial charge in [-0.25, -0.2) is 0 Å². The Morgan fingerprint density at radius 1 is 1.20 bits per heavy atom. The molecule has 1 atom stereocenters. The van der Waals surface area contributed by atoms with Crippen molar-refractivity contribution in [2.24, 2.45) is 11.7 Å². The molecule has 0 aliphatic carbocycles.